The van der Waals surface area contributed by atoms with E-state index >= 15 is 0 Å². The fourth-order valence-corrected chi connectivity index (χ4v) is 3.23. The van der Waals surface area contributed by atoms with Crippen LogP contribution in [0.4, 0.5) is 0 Å². The van der Waals surface area contributed by atoms with E-state index in [4.69, 9.17) is 0 Å². The lowest BCUT2D eigenvalue weighted by Crippen LogP contribution is -2.53. The van der Waals surface area contributed by atoms with E-state index < -0.39 is 28.8 Å². The molecule has 0 bridgehead atoms. The number of carboxylic acids is 1. The SMILES string of the molecule is CC(C)[C@@H](Br)C(=O)NC(CCc1ccccc1)C(=O)NC(Cc1ccccc1)C(=O)O. The second-order valence-corrected chi connectivity index (χ2v) is 8.81. The van der Waals surface area contributed by atoms with E-state index in [0.29, 0.717) is 12.8 Å². The highest BCUT2D eigenvalue weighted by atomic mass is 79.9. The Balaban J connectivity index is 2.12. The van der Waals surface area contributed by atoms with Gasteiger partial charge in [-0.25, -0.2) is 4.79 Å². The predicted molar refractivity (Wildman–Crippen MR) is 124 cm³/mol. The molecule has 31 heavy (non-hydrogen) atoms. The maximum atomic E-state index is 13.0. The van der Waals surface area contributed by atoms with E-state index in [9.17, 15) is 19.5 Å². The summed E-state index contributed by atoms with van der Waals surface area (Å²) >= 11 is 3.36. The Bertz CT molecular complexity index is 858. The normalized spacial score (nSPS) is 13.8. The van der Waals surface area contributed by atoms with E-state index in [-0.39, 0.29) is 18.2 Å². The summed E-state index contributed by atoms with van der Waals surface area (Å²) in [4.78, 5) is 36.9. The number of alkyl halides is 1. The second-order valence-electron chi connectivity index (χ2n) is 7.82. The third kappa shape index (κ3) is 8.17. The van der Waals surface area contributed by atoms with Gasteiger partial charge in [-0.05, 0) is 29.9 Å². The molecule has 2 aromatic carbocycles. The van der Waals surface area contributed by atoms with Crippen LogP contribution in [0.1, 0.15) is 31.4 Å². The van der Waals surface area contributed by atoms with Gasteiger partial charge in [-0.1, -0.05) is 90.4 Å². The van der Waals surface area contributed by atoms with Gasteiger partial charge in [-0.15, -0.1) is 0 Å². The molecule has 0 aliphatic heterocycles. The van der Waals surface area contributed by atoms with Gasteiger partial charge in [0, 0.05) is 6.42 Å². The first-order valence-electron chi connectivity index (χ1n) is 10.3. The zero-order valence-corrected chi connectivity index (χ0v) is 19.3. The zero-order valence-electron chi connectivity index (χ0n) is 17.8. The number of nitrogens with one attached hydrogen (secondary N) is 2. The molecular formula is C24H29BrN2O4. The Morgan fingerprint density at radius 2 is 1.35 bits per heavy atom. The average molecular weight is 489 g/mol. The minimum atomic E-state index is -1.12. The average Bonchev–Trinajstić information content (AvgIpc) is 2.76. The van der Waals surface area contributed by atoms with Crippen molar-refractivity contribution in [3.63, 3.8) is 0 Å². The predicted octanol–water partition coefficient (Wildman–Crippen LogP) is 3.34. The van der Waals surface area contributed by atoms with Gasteiger partial charge in [0.25, 0.3) is 0 Å². The van der Waals surface area contributed by atoms with Crippen molar-refractivity contribution in [1.82, 2.24) is 10.6 Å². The number of hydrogen-bond acceptors (Lipinski definition) is 3. The lowest BCUT2D eigenvalue weighted by Gasteiger charge is -2.23. The van der Waals surface area contributed by atoms with Crippen molar-refractivity contribution in [3.8, 4) is 0 Å². The number of hydrogen-bond donors (Lipinski definition) is 3. The van der Waals surface area contributed by atoms with E-state index in [1.54, 1.807) is 0 Å². The molecule has 0 heterocycles. The number of carbonyl (C=O) groups is 3. The monoisotopic (exact) mass is 488 g/mol. The summed E-state index contributed by atoms with van der Waals surface area (Å²) in [6.45, 7) is 3.80. The van der Waals surface area contributed by atoms with Gasteiger partial charge in [0.1, 0.15) is 12.1 Å². The minimum Gasteiger partial charge on any atom is -0.480 e. The lowest BCUT2D eigenvalue weighted by atomic mass is 10.0. The number of benzene rings is 2. The second kappa shape index (κ2) is 12.2. The molecule has 0 aliphatic carbocycles. The van der Waals surface area contributed by atoms with E-state index in [0.717, 1.165) is 11.1 Å². The number of amides is 2. The molecule has 3 atom stereocenters. The number of aliphatic carboxylic acids is 1. The molecular weight excluding hydrogens is 460 g/mol. The summed E-state index contributed by atoms with van der Waals surface area (Å²) in [6, 6.07) is 16.8. The van der Waals surface area contributed by atoms with Crippen LogP contribution in [0.5, 0.6) is 0 Å². The smallest absolute Gasteiger partial charge is 0.326 e. The van der Waals surface area contributed by atoms with Crippen LogP contribution >= 0.6 is 15.9 Å². The molecule has 2 rings (SSSR count). The molecule has 0 saturated heterocycles. The van der Waals surface area contributed by atoms with Crippen molar-refractivity contribution in [1.29, 1.82) is 0 Å². The van der Waals surface area contributed by atoms with Crippen LogP contribution in [0.2, 0.25) is 0 Å². The van der Waals surface area contributed by atoms with Gasteiger partial charge in [-0.3, -0.25) is 9.59 Å². The number of rotatable bonds is 11. The number of halogens is 1. The molecule has 0 aromatic heterocycles. The molecule has 166 valence electrons. The standard InChI is InChI=1S/C24H29BrN2O4/c1-16(2)21(25)23(29)26-19(14-13-17-9-5-3-6-10-17)22(28)27-20(24(30)31)15-18-11-7-4-8-12-18/h3-12,16,19-21H,13-15H2,1-2H3,(H,26,29)(H,27,28)(H,30,31)/t19?,20?,21-/m1/s1. The molecule has 0 spiro atoms. The summed E-state index contributed by atoms with van der Waals surface area (Å²) in [7, 11) is 0. The fourth-order valence-electron chi connectivity index (χ4n) is 3.10. The third-order valence-electron chi connectivity index (χ3n) is 4.93. The highest BCUT2D eigenvalue weighted by Gasteiger charge is 2.29. The first kappa shape index (κ1) is 24.6. The van der Waals surface area contributed by atoms with Crippen molar-refractivity contribution in [2.75, 3.05) is 0 Å². The molecule has 0 aliphatic rings. The van der Waals surface area contributed by atoms with Gasteiger partial charge in [-0.2, -0.15) is 0 Å². The summed E-state index contributed by atoms with van der Waals surface area (Å²) in [5.74, 6) is -1.87. The van der Waals surface area contributed by atoms with Crippen LogP contribution in [0.15, 0.2) is 60.7 Å². The quantitative estimate of drug-likeness (QED) is 0.422. The van der Waals surface area contributed by atoms with Crippen LogP contribution < -0.4 is 10.6 Å². The number of carbonyl (C=O) groups excluding carboxylic acids is 2. The Morgan fingerprint density at radius 3 is 1.87 bits per heavy atom. The van der Waals surface area contributed by atoms with Crippen molar-refractivity contribution < 1.29 is 19.5 Å². The lowest BCUT2D eigenvalue weighted by molar-refractivity contribution is -0.142. The van der Waals surface area contributed by atoms with E-state index in [2.05, 4.69) is 26.6 Å². The van der Waals surface area contributed by atoms with Crippen LogP contribution in [0, 0.1) is 5.92 Å². The van der Waals surface area contributed by atoms with Crippen LogP contribution in [0.3, 0.4) is 0 Å². The highest BCUT2D eigenvalue weighted by Crippen LogP contribution is 2.13. The summed E-state index contributed by atoms with van der Waals surface area (Å²) in [6.07, 6.45) is 1.09. The highest BCUT2D eigenvalue weighted by molar-refractivity contribution is 9.10. The maximum Gasteiger partial charge on any atom is 0.326 e. The maximum absolute atomic E-state index is 13.0. The number of aryl methyl sites for hydroxylation is 1. The topological polar surface area (TPSA) is 95.5 Å². The molecule has 0 radical (unpaired) electrons. The first-order chi connectivity index (χ1) is 14.8. The molecule has 0 saturated carbocycles. The minimum absolute atomic E-state index is 0.0442. The van der Waals surface area contributed by atoms with Gasteiger partial charge in [0.05, 0.1) is 4.83 Å². The largest absolute Gasteiger partial charge is 0.480 e. The van der Waals surface area contributed by atoms with Gasteiger partial charge in [0.15, 0.2) is 0 Å². The van der Waals surface area contributed by atoms with Crippen LogP contribution in [-0.4, -0.2) is 39.8 Å². The molecule has 2 unspecified atom stereocenters. The zero-order chi connectivity index (χ0) is 22.8. The van der Waals surface area contributed by atoms with Crippen molar-refractivity contribution in [2.45, 2.75) is 50.0 Å². The van der Waals surface area contributed by atoms with Crippen molar-refractivity contribution in [2.24, 2.45) is 5.92 Å². The summed E-state index contributed by atoms with van der Waals surface area (Å²) in [5.41, 5.74) is 1.84. The Kier molecular flexibility index (Phi) is 9.72. The Hall–Kier alpha value is -2.67. The Labute approximate surface area is 191 Å². The summed E-state index contributed by atoms with van der Waals surface area (Å²) < 4.78 is 0. The number of carboxylic acid groups (broad SMARTS) is 1. The fraction of sp³-hybridized carbons (Fsp3) is 0.375. The van der Waals surface area contributed by atoms with Crippen LogP contribution in [0.25, 0.3) is 0 Å². The van der Waals surface area contributed by atoms with E-state index in [1.807, 2.05) is 74.5 Å². The van der Waals surface area contributed by atoms with Crippen molar-refractivity contribution in [3.05, 3.63) is 71.8 Å². The first-order valence-corrected chi connectivity index (χ1v) is 11.2. The molecule has 6 nitrogen and oxygen atoms in total. The summed E-state index contributed by atoms with van der Waals surface area (Å²) in [5, 5.41) is 15.0. The van der Waals surface area contributed by atoms with Gasteiger partial charge >= 0.3 is 5.97 Å². The van der Waals surface area contributed by atoms with Gasteiger partial charge < -0.3 is 15.7 Å². The van der Waals surface area contributed by atoms with Gasteiger partial charge in [0.2, 0.25) is 11.8 Å². The Morgan fingerprint density at radius 1 is 0.839 bits per heavy atom. The molecule has 2 aromatic rings. The molecule has 0 fully saturated rings. The molecule has 3 N–H and O–H groups in total. The van der Waals surface area contributed by atoms with E-state index in [1.165, 1.54) is 0 Å². The van der Waals surface area contributed by atoms with Crippen molar-refractivity contribution >= 4 is 33.7 Å². The third-order valence-corrected chi connectivity index (χ3v) is 6.40. The molecule has 7 heteroatoms. The van der Waals surface area contributed by atoms with Crippen LogP contribution in [-0.2, 0) is 27.2 Å². The molecule has 2 amide bonds.